The highest BCUT2D eigenvalue weighted by Gasteiger charge is 1.94. The van der Waals surface area contributed by atoms with Crippen molar-refractivity contribution in [2.45, 2.75) is 0 Å². The fourth-order valence-electron chi connectivity index (χ4n) is 1.98. The van der Waals surface area contributed by atoms with Crippen LogP contribution < -0.4 is 0 Å². The summed E-state index contributed by atoms with van der Waals surface area (Å²) >= 11 is 0. The van der Waals surface area contributed by atoms with Gasteiger partial charge >= 0.3 is 0 Å². The lowest BCUT2D eigenvalue weighted by molar-refractivity contribution is 1.17. The van der Waals surface area contributed by atoms with Crippen LogP contribution in [0.5, 0.6) is 0 Å². The Hall–Kier alpha value is -3.14. The molecule has 0 spiro atoms. The van der Waals surface area contributed by atoms with Gasteiger partial charge in [0.05, 0.1) is 16.7 Å². The highest BCUT2D eigenvalue weighted by molar-refractivity contribution is 5.73. The van der Waals surface area contributed by atoms with Crippen LogP contribution in [-0.4, -0.2) is 19.9 Å². The van der Waals surface area contributed by atoms with Crippen LogP contribution in [0.4, 0.5) is 0 Å². The minimum atomic E-state index is 0.949. The second-order valence-corrected chi connectivity index (χ2v) is 4.51. The number of hydrogen-bond donors (Lipinski definition) is 0. The molecule has 0 aliphatic heterocycles. The van der Waals surface area contributed by atoms with Crippen LogP contribution in [0.15, 0.2) is 85.6 Å². The average molecular weight is 286 g/mol. The molecule has 0 aliphatic rings. The van der Waals surface area contributed by atoms with Gasteiger partial charge in [-0.05, 0) is 18.2 Å². The van der Waals surface area contributed by atoms with E-state index in [4.69, 9.17) is 0 Å². The molecule has 4 rings (SSSR count). The van der Waals surface area contributed by atoms with E-state index < -0.39 is 0 Å². The third-order valence-corrected chi connectivity index (χ3v) is 3.03. The molecule has 106 valence electrons. The zero-order valence-corrected chi connectivity index (χ0v) is 11.9. The molecule has 0 bridgehead atoms. The first-order valence-corrected chi connectivity index (χ1v) is 6.91. The topological polar surface area (TPSA) is 51.6 Å². The van der Waals surface area contributed by atoms with Crippen molar-refractivity contribution in [3.05, 3.63) is 85.6 Å². The Morgan fingerprint density at radius 3 is 1.77 bits per heavy atom. The van der Waals surface area contributed by atoms with Crippen molar-refractivity contribution in [2.75, 3.05) is 0 Å². The average Bonchev–Trinajstić information content (AvgIpc) is 2.64. The summed E-state index contributed by atoms with van der Waals surface area (Å²) in [5.74, 6) is 0. The quantitative estimate of drug-likeness (QED) is 0.534. The molecule has 0 atom stereocenters. The molecule has 2 aromatic carbocycles. The molecule has 2 heterocycles. The molecule has 0 saturated heterocycles. The second-order valence-electron chi connectivity index (χ2n) is 4.51. The Morgan fingerprint density at radius 1 is 0.545 bits per heavy atom. The van der Waals surface area contributed by atoms with Gasteiger partial charge in [-0.3, -0.25) is 9.97 Å². The molecule has 4 heteroatoms. The lowest BCUT2D eigenvalue weighted by Gasteiger charge is -1.96. The summed E-state index contributed by atoms with van der Waals surface area (Å²) in [5, 5.41) is 0. The van der Waals surface area contributed by atoms with Gasteiger partial charge in [-0.15, -0.1) is 0 Å². The lowest BCUT2D eigenvalue weighted by Crippen LogP contribution is -1.82. The number of rotatable bonds is 1. The van der Waals surface area contributed by atoms with Gasteiger partial charge in [0, 0.05) is 24.2 Å². The zero-order chi connectivity index (χ0) is 15.0. The van der Waals surface area contributed by atoms with Crippen molar-refractivity contribution in [3.8, 4) is 11.3 Å². The summed E-state index contributed by atoms with van der Waals surface area (Å²) in [5.41, 5.74) is 3.99. The highest BCUT2D eigenvalue weighted by Crippen LogP contribution is 2.13. The largest absolute Gasteiger partial charge is 0.253 e. The normalized spacial score (nSPS) is 9.82. The number of aromatic nitrogens is 4. The summed E-state index contributed by atoms with van der Waals surface area (Å²) < 4.78 is 0. The first-order chi connectivity index (χ1) is 10.9. The summed E-state index contributed by atoms with van der Waals surface area (Å²) in [6.07, 6.45) is 6.70. The number of para-hydroxylation sites is 2. The van der Waals surface area contributed by atoms with Gasteiger partial charge in [-0.1, -0.05) is 42.5 Å². The van der Waals surface area contributed by atoms with Crippen LogP contribution in [0, 0.1) is 0 Å². The van der Waals surface area contributed by atoms with E-state index in [0.717, 1.165) is 22.3 Å². The van der Waals surface area contributed by atoms with E-state index in [1.165, 1.54) is 0 Å². The van der Waals surface area contributed by atoms with Gasteiger partial charge in [0.15, 0.2) is 0 Å². The molecule has 4 aromatic rings. The predicted molar refractivity (Wildman–Crippen MR) is 87.0 cm³/mol. The Kier molecular flexibility index (Phi) is 4.42. The SMILES string of the molecule is c1ccc(-c2ccncn2)cc1.c1ccc2nccnc2c1. The third-order valence-electron chi connectivity index (χ3n) is 3.03. The van der Waals surface area contributed by atoms with Gasteiger partial charge in [-0.2, -0.15) is 0 Å². The van der Waals surface area contributed by atoms with Crippen molar-refractivity contribution in [1.29, 1.82) is 0 Å². The monoisotopic (exact) mass is 286 g/mol. The summed E-state index contributed by atoms with van der Waals surface area (Å²) in [4.78, 5) is 16.2. The first kappa shape index (κ1) is 13.8. The number of benzene rings is 2. The Bertz CT molecular complexity index is 730. The summed E-state index contributed by atoms with van der Waals surface area (Å²) in [6.45, 7) is 0. The standard InChI is InChI=1S/C10H8N2.C8H6N2/c1-2-4-9(5-3-1)10-6-7-11-8-12-10;1-2-4-8-7(3-1)9-5-6-10-8/h1-8H;1-6H. The fourth-order valence-corrected chi connectivity index (χ4v) is 1.98. The van der Waals surface area contributed by atoms with E-state index in [2.05, 4.69) is 19.9 Å². The molecular weight excluding hydrogens is 272 g/mol. The highest BCUT2D eigenvalue weighted by atomic mass is 14.8. The Balaban J connectivity index is 0.000000133. The van der Waals surface area contributed by atoms with Crippen LogP contribution in [0.3, 0.4) is 0 Å². The number of nitrogens with zero attached hydrogens (tertiary/aromatic N) is 4. The van der Waals surface area contributed by atoms with Crippen molar-refractivity contribution in [1.82, 2.24) is 19.9 Å². The van der Waals surface area contributed by atoms with Crippen LogP contribution in [0.1, 0.15) is 0 Å². The van der Waals surface area contributed by atoms with Crippen molar-refractivity contribution in [3.63, 3.8) is 0 Å². The molecule has 0 unspecified atom stereocenters. The molecule has 0 N–H and O–H groups in total. The van der Waals surface area contributed by atoms with E-state index in [0.29, 0.717) is 0 Å². The molecule has 2 aromatic heterocycles. The van der Waals surface area contributed by atoms with Gasteiger partial charge in [0.2, 0.25) is 0 Å². The van der Waals surface area contributed by atoms with Gasteiger partial charge in [-0.25, -0.2) is 9.97 Å². The van der Waals surface area contributed by atoms with E-state index in [-0.39, 0.29) is 0 Å². The molecule has 22 heavy (non-hydrogen) atoms. The van der Waals surface area contributed by atoms with Crippen LogP contribution in [0.25, 0.3) is 22.3 Å². The second kappa shape index (κ2) is 7.04. The van der Waals surface area contributed by atoms with Crippen LogP contribution in [0.2, 0.25) is 0 Å². The Morgan fingerprint density at radius 2 is 1.18 bits per heavy atom. The van der Waals surface area contributed by atoms with E-state index in [1.807, 2.05) is 60.7 Å². The van der Waals surface area contributed by atoms with Gasteiger partial charge < -0.3 is 0 Å². The smallest absolute Gasteiger partial charge is 0.116 e. The number of fused-ring (bicyclic) bond motifs is 1. The maximum Gasteiger partial charge on any atom is 0.116 e. The molecule has 0 fully saturated rings. The molecule has 0 saturated carbocycles. The van der Waals surface area contributed by atoms with E-state index in [9.17, 15) is 0 Å². The van der Waals surface area contributed by atoms with Crippen molar-refractivity contribution >= 4 is 11.0 Å². The maximum atomic E-state index is 4.14. The van der Waals surface area contributed by atoms with E-state index >= 15 is 0 Å². The fraction of sp³-hybridized carbons (Fsp3) is 0. The molecule has 0 amide bonds. The number of hydrogen-bond acceptors (Lipinski definition) is 4. The minimum absolute atomic E-state index is 0.949. The third kappa shape index (κ3) is 3.49. The van der Waals surface area contributed by atoms with Crippen molar-refractivity contribution < 1.29 is 0 Å². The molecule has 4 nitrogen and oxygen atoms in total. The van der Waals surface area contributed by atoms with E-state index in [1.54, 1.807) is 24.9 Å². The molecule has 0 radical (unpaired) electrons. The van der Waals surface area contributed by atoms with Crippen LogP contribution >= 0.6 is 0 Å². The summed E-state index contributed by atoms with van der Waals surface area (Å²) in [6, 6.07) is 19.7. The zero-order valence-electron chi connectivity index (χ0n) is 11.9. The van der Waals surface area contributed by atoms with Crippen LogP contribution in [-0.2, 0) is 0 Å². The summed E-state index contributed by atoms with van der Waals surface area (Å²) in [7, 11) is 0. The van der Waals surface area contributed by atoms with Gasteiger partial charge in [0.25, 0.3) is 0 Å². The molecule has 0 aliphatic carbocycles. The molecular formula is C18H14N4. The predicted octanol–water partition coefficient (Wildman–Crippen LogP) is 3.77. The maximum absolute atomic E-state index is 4.14. The van der Waals surface area contributed by atoms with Crippen molar-refractivity contribution in [2.24, 2.45) is 0 Å². The Labute approximate surface area is 128 Å². The first-order valence-electron chi connectivity index (χ1n) is 6.91. The van der Waals surface area contributed by atoms with Gasteiger partial charge in [0.1, 0.15) is 6.33 Å². The lowest BCUT2D eigenvalue weighted by atomic mass is 10.1. The minimum Gasteiger partial charge on any atom is -0.253 e.